The molecule has 5 atom stereocenters. The van der Waals surface area contributed by atoms with Gasteiger partial charge in [0.1, 0.15) is 6.04 Å². The summed E-state index contributed by atoms with van der Waals surface area (Å²) in [6.07, 6.45) is 2.89. The topological polar surface area (TPSA) is 119 Å². The minimum atomic E-state index is -1.14. The number of nitrogens with zero attached hydrogens (tertiary/aromatic N) is 1. The van der Waals surface area contributed by atoms with Crippen LogP contribution >= 0.6 is 0 Å². The van der Waals surface area contributed by atoms with Gasteiger partial charge in [0, 0.05) is 12.1 Å². The van der Waals surface area contributed by atoms with Crippen molar-refractivity contribution in [3.05, 3.63) is 65.7 Å². The van der Waals surface area contributed by atoms with E-state index in [0.717, 1.165) is 29.7 Å². The van der Waals surface area contributed by atoms with Gasteiger partial charge < -0.3 is 14.8 Å². The molecule has 0 spiro atoms. The van der Waals surface area contributed by atoms with Gasteiger partial charge in [-0.25, -0.2) is 9.59 Å². The minimum Gasteiger partial charge on any atom is -0.465 e. The van der Waals surface area contributed by atoms with E-state index in [1.165, 1.54) is 31.4 Å². The Bertz CT molecular complexity index is 1200. The number of fused-ring (bicyclic) bond motifs is 5. The number of benzene rings is 2. The summed E-state index contributed by atoms with van der Waals surface area (Å²) in [5.41, 5.74) is 1.51. The van der Waals surface area contributed by atoms with Crippen LogP contribution in [0.15, 0.2) is 54.6 Å². The number of carbonyl (C=O) groups excluding carboxylic acids is 5. The first-order valence-electron chi connectivity index (χ1n) is 12.4. The standard InChI is InChI=1S/C28H28N2O7/c1-36-27(34)17-9-11-20(12-10-17)29-22(31)15-37-28(35)21(13-16-5-3-2-4-6-16)30-25(32)23-18-7-8-19(14-18)24(23)26(30)33/h2-6,9-12,18-19,21,23-24H,7-8,13-15H2,1H3,(H,29,31)/t18-,19-,21-,23+,24+/m0/s1. The number of rotatable bonds is 8. The molecule has 1 N–H and O–H groups in total. The number of methoxy groups -OCH3 is 1. The van der Waals surface area contributed by atoms with Crippen molar-refractivity contribution in [2.24, 2.45) is 23.7 Å². The molecule has 3 amide bonds. The Kier molecular flexibility index (Phi) is 6.78. The number of carbonyl (C=O) groups is 5. The molecule has 2 aromatic carbocycles. The lowest BCUT2D eigenvalue weighted by Crippen LogP contribution is -2.48. The fraction of sp³-hybridized carbons (Fsp3) is 0.393. The summed E-state index contributed by atoms with van der Waals surface area (Å²) in [5.74, 6) is -2.80. The molecule has 3 fully saturated rings. The van der Waals surface area contributed by atoms with Crippen LogP contribution in [-0.2, 0) is 35.1 Å². The molecule has 9 nitrogen and oxygen atoms in total. The second kappa shape index (κ2) is 10.2. The first-order chi connectivity index (χ1) is 17.9. The van der Waals surface area contributed by atoms with Gasteiger partial charge in [-0.3, -0.25) is 19.3 Å². The lowest BCUT2D eigenvalue weighted by molar-refractivity contribution is -0.160. The van der Waals surface area contributed by atoms with E-state index in [1.54, 1.807) is 0 Å². The van der Waals surface area contributed by atoms with E-state index in [4.69, 9.17) is 4.74 Å². The van der Waals surface area contributed by atoms with Crippen LogP contribution in [0.2, 0.25) is 0 Å². The third-order valence-corrected chi connectivity index (χ3v) is 7.75. The molecule has 1 saturated heterocycles. The van der Waals surface area contributed by atoms with E-state index in [0.29, 0.717) is 11.3 Å². The van der Waals surface area contributed by atoms with Gasteiger partial charge in [-0.15, -0.1) is 0 Å². The number of hydrogen-bond acceptors (Lipinski definition) is 7. The van der Waals surface area contributed by atoms with Crippen molar-refractivity contribution in [1.82, 2.24) is 4.90 Å². The van der Waals surface area contributed by atoms with Crippen LogP contribution in [0, 0.1) is 23.7 Å². The Balaban J connectivity index is 1.27. The average molecular weight is 505 g/mol. The first-order valence-corrected chi connectivity index (χ1v) is 12.4. The number of hydrogen-bond donors (Lipinski definition) is 1. The quantitative estimate of drug-likeness (QED) is 0.434. The van der Waals surface area contributed by atoms with Gasteiger partial charge in [-0.05, 0) is 60.9 Å². The molecule has 0 aromatic heterocycles. The van der Waals surface area contributed by atoms with E-state index in [-0.39, 0.29) is 41.9 Å². The third kappa shape index (κ3) is 4.73. The lowest BCUT2D eigenvalue weighted by Gasteiger charge is -2.26. The fourth-order valence-corrected chi connectivity index (χ4v) is 6.09. The summed E-state index contributed by atoms with van der Waals surface area (Å²) in [6, 6.07) is 14.0. The number of likely N-dealkylation sites (tertiary alicyclic amines) is 1. The van der Waals surface area contributed by atoms with Gasteiger partial charge >= 0.3 is 11.9 Å². The molecule has 0 radical (unpaired) electrons. The zero-order valence-corrected chi connectivity index (χ0v) is 20.4. The molecular weight excluding hydrogens is 476 g/mol. The molecular formula is C28H28N2O7. The van der Waals surface area contributed by atoms with Crippen molar-refractivity contribution in [2.75, 3.05) is 19.0 Å². The monoisotopic (exact) mass is 504 g/mol. The number of amides is 3. The molecule has 9 heteroatoms. The Morgan fingerprint density at radius 1 is 0.946 bits per heavy atom. The fourth-order valence-electron chi connectivity index (χ4n) is 6.09. The minimum absolute atomic E-state index is 0.114. The smallest absolute Gasteiger partial charge is 0.337 e. The van der Waals surface area contributed by atoms with E-state index in [9.17, 15) is 24.0 Å². The van der Waals surface area contributed by atoms with E-state index in [2.05, 4.69) is 10.1 Å². The van der Waals surface area contributed by atoms with Gasteiger partial charge in [0.25, 0.3) is 5.91 Å². The van der Waals surface area contributed by atoms with Gasteiger partial charge in [-0.1, -0.05) is 30.3 Å². The molecule has 1 heterocycles. The predicted octanol–water partition coefficient (Wildman–Crippen LogP) is 2.60. The molecule has 3 aliphatic rings. The van der Waals surface area contributed by atoms with E-state index < -0.39 is 30.5 Å². The molecule has 1 aliphatic heterocycles. The van der Waals surface area contributed by atoms with Gasteiger partial charge in [0.05, 0.1) is 24.5 Å². The predicted molar refractivity (Wildman–Crippen MR) is 131 cm³/mol. The number of nitrogens with one attached hydrogen (secondary N) is 1. The van der Waals surface area contributed by atoms with E-state index in [1.807, 2.05) is 30.3 Å². The highest BCUT2D eigenvalue weighted by atomic mass is 16.5. The maximum Gasteiger partial charge on any atom is 0.337 e. The maximum atomic E-state index is 13.4. The summed E-state index contributed by atoms with van der Waals surface area (Å²) < 4.78 is 9.97. The second-order valence-electron chi connectivity index (χ2n) is 9.86. The molecule has 2 aromatic rings. The molecule has 192 valence electrons. The zero-order chi connectivity index (χ0) is 26.1. The number of imide groups is 1. The molecule has 2 bridgehead atoms. The van der Waals surface area contributed by atoms with Crippen LogP contribution in [-0.4, -0.2) is 54.3 Å². The summed E-state index contributed by atoms with van der Waals surface area (Å²) >= 11 is 0. The average Bonchev–Trinajstić information content (AvgIpc) is 3.60. The molecule has 2 saturated carbocycles. The Hall–Kier alpha value is -4.01. The number of anilines is 1. The van der Waals surface area contributed by atoms with Crippen molar-refractivity contribution in [3.63, 3.8) is 0 Å². The second-order valence-corrected chi connectivity index (χ2v) is 9.86. The summed E-state index contributed by atoms with van der Waals surface area (Å²) in [6.45, 7) is -0.586. The summed E-state index contributed by atoms with van der Waals surface area (Å²) in [7, 11) is 1.28. The molecule has 0 unspecified atom stereocenters. The lowest BCUT2D eigenvalue weighted by atomic mass is 9.81. The SMILES string of the molecule is COC(=O)c1ccc(NC(=O)COC(=O)[C@H](Cc2ccccc2)N2C(=O)[C@@H]3[C@H]4CC[C@@H](C4)[C@H]3C2=O)cc1. The van der Waals surface area contributed by atoms with Gasteiger partial charge in [0.15, 0.2) is 6.61 Å². The third-order valence-electron chi connectivity index (χ3n) is 7.75. The van der Waals surface area contributed by atoms with Crippen LogP contribution in [0.5, 0.6) is 0 Å². The van der Waals surface area contributed by atoms with Crippen LogP contribution in [0.4, 0.5) is 5.69 Å². The van der Waals surface area contributed by atoms with Crippen LogP contribution < -0.4 is 5.32 Å². The van der Waals surface area contributed by atoms with Crippen LogP contribution in [0.3, 0.4) is 0 Å². The largest absolute Gasteiger partial charge is 0.465 e. The van der Waals surface area contributed by atoms with Crippen molar-refractivity contribution in [1.29, 1.82) is 0 Å². The molecule has 2 aliphatic carbocycles. The normalized spacial score (nSPS) is 24.5. The summed E-state index contributed by atoms with van der Waals surface area (Å²) in [4.78, 5) is 65.1. The van der Waals surface area contributed by atoms with Gasteiger partial charge in [-0.2, -0.15) is 0 Å². The highest BCUT2D eigenvalue weighted by Crippen LogP contribution is 2.56. The van der Waals surface area contributed by atoms with Crippen LogP contribution in [0.25, 0.3) is 0 Å². The highest BCUT2D eigenvalue weighted by Gasteiger charge is 2.62. The van der Waals surface area contributed by atoms with E-state index >= 15 is 0 Å². The first kappa shape index (κ1) is 24.7. The zero-order valence-electron chi connectivity index (χ0n) is 20.4. The Morgan fingerprint density at radius 3 is 2.16 bits per heavy atom. The van der Waals surface area contributed by atoms with Crippen LogP contribution in [0.1, 0.15) is 35.2 Å². The van der Waals surface area contributed by atoms with Crippen molar-refractivity contribution >= 4 is 35.3 Å². The maximum absolute atomic E-state index is 13.4. The van der Waals surface area contributed by atoms with Gasteiger partial charge in [0.2, 0.25) is 11.8 Å². The molecule has 37 heavy (non-hydrogen) atoms. The Labute approximate surface area is 214 Å². The summed E-state index contributed by atoms with van der Waals surface area (Å²) in [5, 5.41) is 2.59. The molecule has 5 rings (SSSR count). The number of ether oxygens (including phenoxy) is 2. The number of esters is 2. The van der Waals surface area contributed by atoms with Crippen molar-refractivity contribution in [3.8, 4) is 0 Å². The Morgan fingerprint density at radius 2 is 1.57 bits per heavy atom. The van der Waals surface area contributed by atoms with Crippen molar-refractivity contribution < 1.29 is 33.4 Å². The van der Waals surface area contributed by atoms with Crippen molar-refractivity contribution in [2.45, 2.75) is 31.7 Å². The highest BCUT2D eigenvalue weighted by molar-refractivity contribution is 6.08.